The normalized spacial score (nSPS) is 16.9. The SMILES string of the molecule is O=C(c1ccc(F)cc1)N1CCC[C@@H](c2nccnc2-c2cccc(C(F)(F)F)c2)C1. The maximum absolute atomic E-state index is 13.2. The second kappa shape index (κ2) is 8.45. The molecule has 1 amide bonds. The molecule has 0 aliphatic carbocycles. The molecule has 3 aromatic rings. The first-order valence-corrected chi connectivity index (χ1v) is 9.86. The Bertz CT molecular complexity index is 1080. The number of carbonyl (C=O) groups is 1. The first-order chi connectivity index (χ1) is 14.8. The maximum Gasteiger partial charge on any atom is 0.416 e. The van der Waals surface area contributed by atoms with E-state index < -0.39 is 17.6 Å². The smallest absolute Gasteiger partial charge is 0.338 e. The Morgan fingerprint density at radius 1 is 1.03 bits per heavy atom. The average Bonchev–Trinajstić information content (AvgIpc) is 2.79. The molecule has 1 aromatic heterocycles. The van der Waals surface area contributed by atoms with Gasteiger partial charge < -0.3 is 4.90 Å². The van der Waals surface area contributed by atoms with Crippen LogP contribution in [0.25, 0.3) is 11.3 Å². The molecule has 2 heterocycles. The van der Waals surface area contributed by atoms with Gasteiger partial charge in [0.15, 0.2) is 0 Å². The summed E-state index contributed by atoms with van der Waals surface area (Å²) in [5.41, 5.74) is 0.922. The standard InChI is InChI=1S/C23H19F4N3O/c24-19-8-6-15(7-9-19)22(31)30-12-2-4-17(14-30)21-20(28-10-11-29-21)16-3-1-5-18(13-16)23(25,26)27/h1,3,5-11,13,17H,2,4,12,14H2/t17-/m1/s1. The molecule has 1 saturated heterocycles. The van der Waals surface area contributed by atoms with Gasteiger partial charge in [-0.15, -0.1) is 0 Å². The quantitative estimate of drug-likeness (QED) is 0.530. The zero-order valence-corrected chi connectivity index (χ0v) is 16.4. The van der Waals surface area contributed by atoms with E-state index in [9.17, 15) is 22.4 Å². The number of halogens is 4. The minimum atomic E-state index is -4.46. The van der Waals surface area contributed by atoms with E-state index in [1.807, 2.05) is 0 Å². The molecule has 4 nitrogen and oxygen atoms in total. The lowest BCUT2D eigenvalue weighted by atomic mass is 9.90. The Kier molecular flexibility index (Phi) is 5.71. The highest BCUT2D eigenvalue weighted by Crippen LogP contribution is 2.35. The van der Waals surface area contributed by atoms with Crippen LogP contribution in [0.5, 0.6) is 0 Å². The lowest BCUT2D eigenvalue weighted by molar-refractivity contribution is -0.137. The molecule has 8 heteroatoms. The molecule has 0 radical (unpaired) electrons. The lowest BCUT2D eigenvalue weighted by Gasteiger charge is -2.33. The van der Waals surface area contributed by atoms with Crippen LogP contribution in [0.1, 0.15) is 40.4 Å². The van der Waals surface area contributed by atoms with Gasteiger partial charge in [-0.1, -0.05) is 12.1 Å². The molecule has 0 N–H and O–H groups in total. The topological polar surface area (TPSA) is 46.1 Å². The van der Waals surface area contributed by atoms with Crippen LogP contribution in [0.3, 0.4) is 0 Å². The number of carbonyl (C=O) groups excluding carboxylic acids is 1. The van der Waals surface area contributed by atoms with E-state index in [0.29, 0.717) is 35.6 Å². The van der Waals surface area contributed by atoms with Crippen LogP contribution >= 0.6 is 0 Å². The van der Waals surface area contributed by atoms with Crippen molar-refractivity contribution in [3.63, 3.8) is 0 Å². The number of hydrogen-bond acceptors (Lipinski definition) is 3. The van der Waals surface area contributed by atoms with Crippen molar-refractivity contribution in [1.29, 1.82) is 0 Å². The third kappa shape index (κ3) is 4.57. The van der Waals surface area contributed by atoms with Crippen LogP contribution in [0.2, 0.25) is 0 Å². The van der Waals surface area contributed by atoms with E-state index in [2.05, 4.69) is 9.97 Å². The van der Waals surface area contributed by atoms with Gasteiger partial charge in [0, 0.05) is 42.5 Å². The zero-order valence-electron chi connectivity index (χ0n) is 16.4. The number of benzene rings is 2. The van der Waals surface area contributed by atoms with Gasteiger partial charge >= 0.3 is 6.18 Å². The highest BCUT2D eigenvalue weighted by atomic mass is 19.4. The summed E-state index contributed by atoms with van der Waals surface area (Å²) in [6.45, 7) is 0.909. The first-order valence-electron chi connectivity index (χ1n) is 9.86. The van der Waals surface area contributed by atoms with Gasteiger partial charge in [0.05, 0.1) is 17.0 Å². The van der Waals surface area contributed by atoms with Crippen molar-refractivity contribution in [1.82, 2.24) is 14.9 Å². The van der Waals surface area contributed by atoms with Crippen LogP contribution in [0.4, 0.5) is 17.6 Å². The average molecular weight is 429 g/mol. The largest absolute Gasteiger partial charge is 0.416 e. The minimum absolute atomic E-state index is 0.170. The third-order valence-corrected chi connectivity index (χ3v) is 5.38. The van der Waals surface area contributed by atoms with Gasteiger partial charge in [0.25, 0.3) is 5.91 Å². The van der Waals surface area contributed by atoms with Crippen LogP contribution in [0, 0.1) is 5.82 Å². The van der Waals surface area contributed by atoms with E-state index in [-0.39, 0.29) is 11.8 Å². The van der Waals surface area contributed by atoms with Crippen molar-refractivity contribution >= 4 is 5.91 Å². The predicted octanol–water partition coefficient (Wildman–Crippen LogP) is 5.32. The Morgan fingerprint density at radius 3 is 2.52 bits per heavy atom. The van der Waals surface area contributed by atoms with Gasteiger partial charge in [-0.3, -0.25) is 14.8 Å². The molecule has 1 aliphatic rings. The molecular formula is C23H19F4N3O. The molecule has 0 bridgehead atoms. The molecule has 4 rings (SSSR count). The maximum atomic E-state index is 13.2. The molecule has 0 unspecified atom stereocenters. The molecule has 160 valence electrons. The van der Waals surface area contributed by atoms with Crippen molar-refractivity contribution in [2.24, 2.45) is 0 Å². The van der Waals surface area contributed by atoms with Crippen molar-refractivity contribution in [3.8, 4) is 11.3 Å². The number of rotatable bonds is 3. The van der Waals surface area contributed by atoms with Crippen LogP contribution in [0.15, 0.2) is 60.9 Å². The van der Waals surface area contributed by atoms with E-state index in [1.54, 1.807) is 11.0 Å². The second-order valence-corrected chi connectivity index (χ2v) is 7.47. The van der Waals surface area contributed by atoms with E-state index in [1.165, 1.54) is 42.7 Å². The van der Waals surface area contributed by atoms with Crippen LogP contribution < -0.4 is 0 Å². The molecule has 1 aliphatic heterocycles. The van der Waals surface area contributed by atoms with E-state index >= 15 is 0 Å². The van der Waals surface area contributed by atoms with Gasteiger partial charge in [-0.25, -0.2) is 4.39 Å². The third-order valence-electron chi connectivity index (χ3n) is 5.38. The first kappa shape index (κ1) is 21.0. The van der Waals surface area contributed by atoms with Crippen molar-refractivity contribution < 1.29 is 22.4 Å². The number of nitrogens with zero attached hydrogens (tertiary/aromatic N) is 3. The summed E-state index contributed by atoms with van der Waals surface area (Å²) in [7, 11) is 0. The summed E-state index contributed by atoms with van der Waals surface area (Å²) in [6, 6.07) is 10.4. The summed E-state index contributed by atoms with van der Waals surface area (Å²) < 4.78 is 52.7. The van der Waals surface area contributed by atoms with Gasteiger partial charge in [0.2, 0.25) is 0 Å². The number of amides is 1. The fourth-order valence-corrected chi connectivity index (χ4v) is 3.87. The molecule has 2 aromatic carbocycles. The summed E-state index contributed by atoms with van der Waals surface area (Å²) >= 11 is 0. The summed E-state index contributed by atoms with van der Waals surface area (Å²) in [4.78, 5) is 23.2. The van der Waals surface area contributed by atoms with Crippen LogP contribution in [-0.4, -0.2) is 33.9 Å². The van der Waals surface area contributed by atoms with Crippen molar-refractivity contribution in [3.05, 3.63) is 83.6 Å². The monoisotopic (exact) mass is 429 g/mol. The minimum Gasteiger partial charge on any atom is -0.338 e. The number of aromatic nitrogens is 2. The van der Waals surface area contributed by atoms with E-state index in [0.717, 1.165) is 25.0 Å². The Balaban J connectivity index is 1.62. The molecule has 1 atom stereocenters. The number of alkyl halides is 3. The Hall–Kier alpha value is -3.29. The number of piperidine rings is 1. The predicted molar refractivity (Wildman–Crippen MR) is 107 cm³/mol. The fraction of sp³-hybridized carbons (Fsp3) is 0.261. The highest BCUT2D eigenvalue weighted by Gasteiger charge is 2.32. The molecule has 31 heavy (non-hydrogen) atoms. The molecular weight excluding hydrogens is 410 g/mol. The Labute approximate surface area is 176 Å². The molecule has 0 spiro atoms. The van der Waals surface area contributed by atoms with Crippen molar-refractivity contribution in [2.75, 3.05) is 13.1 Å². The number of hydrogen-bond donors (Lipinski definition) is 0. The van der Waals surface area contributed by atoms with Gasteiger partial charge in [0.1, 0.15) is 5.82 Å². The van der Waals surface area contributed by atoms with Gasteiger partial charge in [-0.05, 0) is 49.2 Å². The fourth-order valence-electron chi connectivity index (χ4n) is 3.87. The van der Waals surface area contributed by atoms with Crippen molar-refractivity contribution in [2.45, 2.75) is 24.9 Å². The Morgan fingerprint density at radius 2 is 1.77 bits per heavy atom. The van der Waals surface area contributed by atoms with Gasteiger partial charge in [-0.2, -0.15) is 13.2 Å². The highest BCUT2D eigenvalue weighted by molar-refractivity contribution is 5.94. The van der Waals surface area contributed by atoms with Crippen LogP contribution in [-0.2, 0) is 6.18 Å². The summed E-state index contributed by atoms with van der Waals surface area (Å²) in [6.07, 6.45) is -0.0494. The summed E-state index contributed by atoms with van der Waals surface area (Å²) in [5.74, 6) is -0.802. The molecule has 1 fully saturated rings. The summed E-state index contributed by atoms with van der Waals surface area (Å²) in [5, 5.41) is 0. The van der Waals surface area contributed by atoms with E-state index in [4.69, 9.17) is 0 Å². The second-order valence-electron chi connectivity index (χ2n) is 7.47. The lowest BCUT2D eigenvalue weighted by Crippen LogP contribution is -2.39. The zero-order chi connectivity index (χ0) is 22.0. The molecule has 0 saturated carbocycles. The number of likely N-dealkylation sites (tertiary alicyclic amines) is 1.